The molecule has 25 heavy (non-hydrogen) atoms. The maximum atomic E-state index is 11.7. The monoisotopic (exact) mass is 357 g/mol. The average Bonchev–Trinajstić information content (AvgIpc) is 3.14. The van der Waals surface area contributed by atoms with Crippen molar-refractivity contribution >= 4 is 29.3 Å². The van der Waals surface area contributed by atoms with Crippen molar-refractivity contribution < 1.29 is 14.3 Å². The molecule has 4 nitrogen and oxygen atoms in total. The molecular weight excluding hydrogens is 334 g/mol. The van der Waals surface area contributed by atoms with Crippen molar-refractivity contribution in [1.29, 1.82) is 0 Å². The van der Waals surface area contributed by atoms with Crippen molar-refractivity contribution in [2.45, 2.75) is 26.2 Å². The van der Waals surface area contributed by atoms with Gasteiger partial charge in [0.1, 0.15) is 0 Å². The van der Waals surface area contributed by atoms with Crippen molar-refractivity contribution in [3.63, 3.8) is 0 Å². The first kappa shape index (κ1) is 18.9. The highest BCUT2D eigenvalue weighted by Crippen LogP contribution is 2.15. The summed E-state index contributed by atoms with van der Waals surface area (Å²) in [5.41, 5.74) is 2.23. The molecule has 0 aliphatic heterocycles. The molecule has 0 saturated heterocycles. The molecule has 1 heterocycles. The van der Waals surface area contributed by atoms with E-state index in [-0.39, 0.29) is 18.5 Å². The summed E-state index contributed by atoms with van der Waals surface area (Å²) in [5.74, 6) is 0.0203. The maximum absolute atomic E-state index is 11.7. The molecule has 0 atom stereocenters. The van der Waals surface area contributed by atoms with Gasteiger partial charge in [-0.2, -0.15) is 0 Å². The van der Waals surface area contributed by atoms with Crippen LogP contribution in [0.5, 0.6) is 0 Å². The Kier molecular flexibility index (Phi) is 7.41. The molecule has 0 aliphatic carbocycles. The van der Waals surface area contributed by atoms with Crippen LogP contribution in [0.15, 0.2) is 47.9 Å². The number of esters is 1. The normalized spacial score (nSPS) is 11.0. The van der Waals surface area contributed by atoms with Crippen molar-refractivity contribution in [2.75, 3.05) is 13.2 Å². The molecular formula is C20H23NO3S. The lowest BCUT2D eigenvalue weighted by Crippen LogP contribution is -2.24. The van der Waals surface area contributed by atoms with Crippen LogP contribution in [0.3, 0.4) is 0 Å². The summed E-state index contributed by atoms with van der Waals surface area (Å²) < 4.78 is 5.12. The number of rotatable bonds is 8. The molecule has 132 valence electrons. The van der Waals surface area contributed by atoms with Gasteiger partial charge in [-0.05, 0) is 41.0 Å². The summed E-state index contributed by atoms with van der Waals surface area (Å²) >= 11 is 1.40. The van der Waals surface area contributed by atoms with E-state index in [1.54, 1.807) is 12.1 Å². The molecule has 1 aromatic carbocycles. The Morgan fingerprint density at radius 2 is 1.96 bits per heavy atom. The molecule has 0 spiro atoms. The summed E-state index contributed by atoms with van der Waals surface area (Å²) in [6.45, 7) is 5.04. The fourth-order valence-corrected chi connectivity index (χ4v) is 2.79. The first-order valence-corrected chi connectivity index (χ1v) is 9.20. The van der Waals surface area contributed by atoms with Crippen LogP contribution >= 0.6 is 11.3 Å². The third-order valence-electron chi connectivity index (χ3n) is 3.61. The van der Waals surface area contributed by atoms with E-state index in [1.165, 1.54) is 23.0 Å². The minimum Gasteiger partial charge on any atom is -0.462 e. The van der Waals surface area contributed by atoms with E-state index in [0.717, 1.165) is 5.56 Å². The highest BCUT2D eigenvalue weighted by molar-refractivity contribution is 7.12. The highest BCUT2D eigenvalue weighted by Gasteiger charge is 2.05. The average molecular weight is 357 g/mol. The SMILES string of the molecule is CC(C)c1ccc(/C=C/C(=O)OCCCNC(=O)c2cccs2)cc1. The second-order valence-electron chi connectivity index (χ2n) is 5.91. The van der Waals surface area contributed by atoms with E-state index in [9.17, 15) is 9.59 Å². The van der Waals surface area contributed by atoms with Gasteiger partial charge in [0.25, 0.3) is 5.91 Å². The van der Waals surface area contributed by atoms with Crippen LogP contribution in [0.1, 0.15) is 47.0 Å². The van der Waals surface area contributed by atoms with Gasteiger partial charge in [-0.3, -0.25) is 4.79 Å². The van der Waals surface area contributed by atoms with E-state index in [2.05, 4.69) is 31.3 Å². The predicted molar refractivity (Wildman–Crippen MR) is 102 cm³/mol. The second kappa shape index (κ2) is 9.79. The van der Waals surface area contributed by atoms with Crippen LogP contribution in [0, 0.1) is 0 Å². The van der Waals surface area contributed by atoms with Gasteiger partial charge in [0, 0.05) is 12.6 Å². The molecule has 0 saturated carbocycles. The molecule has 0 fully saturated rings. The van der Waals surface area contributed by atoms with Crippen LogP contribution in [-0.2, 0) is 9.53 Å². The number of nitrogens with one attached hydrogen (secondary N) is 1. The standard InChI is InChI=1S/C20H23NO3S/c1-15(2)17-9-6-16(7-10-17)8-11-19(22)24-13-4-12-21-20(23)18-5-3-14-25-18/h3,5-11,14-15H,4,12-13H2,1-2H3,(H,21,23)/b11-8+. The first-order chi connectivity index (χ1) is 12.1. The fraction of sp³-hybridized carbons (Fsp3) is 0.300. The minimum atomic E-state index is -0.377. The highest BCUT2D eigenvalue weighted by atomic mass is 32.1. The zero-order chi connectivity index (χ0) is 18.1. The Balaban J connectivity index is 1.64. The summed E-state index contributed by atoms with van der Waals surface area (Å²) in [4.78, 5) is 24.1. The smallest absolute Gasteiger partial charge is 0.330 e. The number of carbonyl (C=O) groups is 2. The van der Waals surface area contributed by atoms with Gasteiger partial charge in [0.05, 0.1) is 11.5 Å². The van der Waals surface area contributed by atoms with Crippen molar-refractivity contribution in [3.05, 3.63) is 63.9 Å². The fourth-order valence-electron chi connectivity index (χ4n) is 2.15. The van der Waals surface area contributed by atoms with E-state index in [4.69, 9.17) is 4.74 Å². The molecule has 0 radical (unpaired) electrons. The van der Waals surface area contributed by atoms with Gasteiger partial charge < -0.3 is 10.1 Å². The van der Waals surface area contributed by atoms with Crippen molar-refractivity contribution in [1.82, 2.24) is 5.32 Å². The van der Waals surface area contributed by atoms with Gasteiger partial charge in [0.2, 0.25) is 0 Å². The van der Waals surface area contributed by atoms with Gasteiger partial charge in [-0.25, -0.2) is 4.79 Å². The van der Waals surface area contributed by atoms with Gasteiger partial charge >= 0.3 is 5.97 Å². The van der Waals surface area contributed by atoms with E-state index >= 15 is 0 Å². The lowest BCUT2D eigenvalue weighted by molar-refractivity contribution is -0.137. The maximum Gasteiger partial charge on any atom is 0.330 e. The third kappa shape index (κ3) is 6.55. The predicted octanol–water partition coefficient (Wildman–Crippen LogP) is 4.25. The van der Waals surface area contributed by atoms with Gasteiger partial charge in [-0.15, -0.1) is 11.3 Å². The molecule has 0 bridgehead atoms. The molecule has 1 amide bonds. The molecule has 5 heteroatoms. The summed E-state index contributed by atoms with van der Waals surface area (Å²) in [7, 11) is 0. The lowest BCUT2D eigenvalue weighted by Gasteiger charge is -2.05. The van der Waals surface area contributed by atoms with E-state index in [0.29, 0.717) is 23.8 Å². The molecule has 2 rings (SSSR count). The van der Waals surface area contributed by atoms with Crippen LogP contribution in [-0.4, -0.2) is 25.0 Å². The minimum absolute atomic E-state index is 0.0916. The molecule has 1 N–H and O–H groups in total. The molecule has 0 aliphatic rings. The van der Waals surface area contributed by atoms with Crippen LogP contribution in [0.4, 0.5) is 0 Å². The number of amides is 1. The second-order valence-corrected chi connectivity index (χ2v) is 6.86. The van der Waals surface area contributed by atoms with E-state index in [1.807, 2.05) is 23.6 Å². The van der Waals surface area contributed by atoms with Gasteiger partial charge in [0.15, 0.2) is 0 Å². The van der Waals surface area contributed by atoms with Gasteiger partial charge in [-0.1, -0.05) is 44.2 Å². The number of thiophene rings is 1. The quantitative estimate of drug-likeness (QED) is 0.436. The number of benzene rings is 1. The number of hydrogen-bond donors (Lipinski definition) is 1. The Bertz CT molecular complexity index is 703. The lowest BCUT2D eigenvalue weighted by atomic mass is 10.0. The van der Waals surface area contributed by atoms with Crippen LogP contribution in [0.25, 0.3) is 6.08 Å². The van der Waals surface area contributed by atoms with Crippen molar-refractivity contribution in [2.24, 2.45) is 0 Å². The molecule has 2 aromatic rings. The summed E-state index contributed by atoms with van der Waals surface area (Å²) in [5, 5.41) is 4.65. The largest absolute Gasteiger partial charge is 0.462 e. The van der Waals surface area contributed by atoms with Crippen LogP contribution in [0.2, 0.25) is 0 Å². The molecule has 0 unspecified atom stereocenters. The third-order valence-corrected chi connectivity index (χ3v) is 4.48. The van der Waals surface area contributed by atoms with Crippen molar-refractivity contribution in [3.8, 4) is 0 Å². The number of hydrogen-bond acceptors (Lipinski definition) is 4. The molecule has 1 aromatic heterocycles. The van der Waals surface area contributed by atoms with Crippen LogP contribution < -0.4 is 5.32 Å². The topological polar surface area (TPSA) is 55.4 Å². The summed E-state index contributed by atoms with van der Waals surface area (Å²) in [6.07, 6.45) is 3.75. The Morgan fingerprint density at radius 1 is 1.20 bits per heavy atom. The van der Waals surface area contributed by atoms with E-state index < -0.39 is 0 Å². The number of carbonyl (C=O) groups excluding carboxylic acids is 2. The Morgan fingerprint density at radius 3 is 2.60 bits per heavy atom. The Hall–Kier alpha value is -2.40. The Labute approximate surface area is 152 Å². The first-order valence-electron chi connectivity index (χ1n) is 8.33. The zero-order valence-electron chi connectivity index (χ0n) is 14.5. The zero-order valence-corrected chi connectivity index (χ0v) is 15.3. The summed E-state index contributed by atoms with van der Waals surface area (Å²) in [6, 6.07) is 11.7. The number of ether oxygens (including phenoxy) is 1.